The lowest BCUT2D eigenvalue weighted by Gasteiger charge is -2.33. The molecular weight excluding hydrogens is 252 g/mol. The first kappa shape index (κ1) is 13.3. The van der Waals surface area contributed by atoms with Crippen molar-refractivity contribution >= 4 is 17.5 Å². The van der Waals surface area contributed by atoms with Crippen LogP contribution in [0.5, 0.6) is 0 Å². The minimum absolute atomic E-state index is 0.142. The SMILES string of the molecule is CC(C)(O)C1CCCN1C(=O)c1ccc(Cl)cn1. The Labute approximate surface area is 112 Å². The summed E-state index contributed by atoms with van der Waals surface area (Å²) in [5.41, 5.74) is -0.519. The molecule has 98 valence electrons. The topological polar surface area (TPSA) is 53.4 Å². The summed E-state index contributed by atoms with van der Waals surface area (Å²) in [4.78, 5) is 18.1. The average molecular weight is 269 g/mol. The van der Waals surface area contributed by atoms with Crippen LogP contribution in [0.2, 0.25) is 5.02 Å². The van der Waals surface area contributed by atoms with Gasteiger partial charge in [-0.1, -0.05) is 11.6 Å². The largest absolute Gasteiger partial charge is 0.388 e. The summed E-state index contributed by atoms with van der Waals surface area (Å²) in [6.45, 7) is 4.13. The summed E-state index contributed by atoms with van der Waals surface area (Å²) in [6, 6.07) is 3.11. The first-order valence-electron chi connectivity index (χ1n) is 6.04. The summed E-state index contributed by atoms with van der Waals surface area (Å²) < 4.78 is 0. The molecule has 1 aromatic rings. The predicted octanol–water partition coefficient (Wildman–Crippen LogP) is 2.11. The molecule has 5 heteroatoms. The third-order valence-electron chi connectivity index (χ3n) is 3.28. The maximum atomic E-state index is 12.3. The Morgan fingerprint density at radius 2 is 2.28 bits per heavy atom. The zero-order valence-electron chi connectivity index (χ0n) is 10.6. The van der Waals surface area contributed by atoms with E-state index in [1.165, 1.54) is 6.20 Å². The second-order valence-corrected chi connectivity index (χ2v) is 5.61. The fourth-order valence-electron chi connectivity index (χ4n) is 2.39. The number of hydrogen-bond donors (Lipinski definition) is 1. The molecule has 0 spiro atoms. The fraction of sp³-hybridized carbons (Fsp3) is 0.538. The molecule has 18 heavy (non-hydrogen) atoms. The van der Waals surface area contributed by atoms with E-state index in [1.54, 1.807) is 30.9 Å². The standard InChI is InChI=1S/C13H17ClN2O2/c1-13(2,18)11-4-3-7-16(11)12(17)10-6-5-9(14)8-15-10/h5-6,8,11,18H,3-4,7H2,1-2H3. The quantitative estimate of drug-likeness (QED) is 0.894. The predicted molar refractivity (Wildman–Crippen MR) is 69.6 cm³/mol. The molecule has 1 aromatic heterocycles. The van der Waals surface area contributed by atoms with Gasteiger partial charge in [-0.05, 0) is 38.8 Å². The Morgan fingerprint density at radius 3 is 2.83 bits per heavy atom. The van der Waals surface area contributed by atoms with Gasteiger partial charge < -0.3 is 10.0 Å². The summed E-state index contributed by atoms with van der Waals surface area (Å²) in [5.74, 6) is -0.142. The monoisotopic (exact) mass is 268 g/mol. The second kappa shape index (κ2) is 4.86. The molecular formula is C13H17ClN2O2. The number of hydrogen-bond acceptors (Lipinski definition) is 3. The van der Waals surface area contributed by atoms with Crippen LogP contribution in [0.25, 0.3) is 0 Å². The highest BCUT2D eigenvalue weighted by atomic mass is 35.5. The van der Waals surface area contributed by atoms with Gasteiger partial charge in [-0.2, -0.15) is 0 Å². The number of rotatable bonds is 2. The van der Waals surface area contributed by atoms with Crippen LogP contribution in [-0.4, -0.2) is 39.1 Å². The molecule has 1 amide bonds. The molecule has 0 aliphatic carbocycles. The number of aliphatic hydroxyl groups is 1. The third kappa shape index (κ3) is 2.65. The lowest BCUT2D eigenvalue weighted by molar-refractivity contribution is 0.000120. The first-order valence-corrected chi connectivity index (χ1v) is 6.42. The van der Waals surface area contributed by atoms with Gasteiger partial charge in [0.25, 0.3) is 5.91 Å². The molecule has 1 fully saturated rings. The molecule has 2 heterocycles. The van der Waals surface area contributed by atoms with Gasteiger partial charge in [0.15, 0.2) is 0 Å². The molecule has 0 saturated carbocycles. The fourth-order valence-corrected chi connectivity index (χ4v) is 2.51. The van der Waals surface area contributed by atoms with Crippen molar-refractivity contribution in [3.8, 4) is 0 Å². The van der Waals surface area contributed by atoms with Gasteiger partial charge in [-0.3, -0.25) is 4.79 Å². The van der Waals surface area contributed by atoms with Gasteiger partial charge in [0.1, 0.15) is 5.69 Å². The number of likely N-dealkylation sites (tertiary alicyclic amines) is 1. The number of nitrogens with zero attached hydrogens (tertiary/aromatic N) is 2. The van der Waals surface area contributed by atoms with Gasteiger partial charge in [-0.25, -0.2) is 4.98 Å². The Kier molecular flexibility index (Phi) is 3.59. The molecule has 4 nitrogen and oxygen atoms in total. The molecule has 1 unspecified atom stereocenters. The van der Waals surface area contributed by atoms with Crippen molar-refractivity contribution in [3.63, 3.8) is 0 Å². The minimum Gasteiger partial charge on any atom is -0.388 e. The van der Waals surface area contributed by atoms with Crippen LogP contribution >= 0.6 is 11.6 Å². The molecule has 1 atom stereocenters. The van der Waals surface area contributed by atoms with Gasteiger partial charge in [-0.15, -0.1) is 0 Å². The lowest BCUT2D eigenvalue weighted by atomic mass is 9.96. The van der Waals surface area contributed by atoms with E-state index in [9.17, 15) is 9.90 Å². The summed E-state index contributed by atoms with van der Waals surface area (Å²) in [5, 5.41) is 10.6. The molecule has 0 radical (unpaired) electrons. The zero-order valence-corrected chi connectivity index (χ0v) is 11.3. The molecule has 1 N–H and O–H groups in total. The van der Waals surface area contributed by atoms with E-state index in [1.807, 2.05) is 0 Å². The summed E-state index contributed by atoms with van der Waals surface area (Å²) in [6.07, 6.45) is 3.20. The molecule has 1 aliphatic heterocycles. The molecule has 2 rings (SSSR count). The van der Waals surface area contributed by atoms with E-state index in [0.717, 1.165) is 12.8 Å². The highest BCUT2D eigenvalue weighted by Gasteiger charge is 2.38. The van der Waals surface area contributed by atoms with E-state index in [0.29, 0.717) is 17.3 Å². The second-order valence-electron chi connectivity index (χ2n) is 5.17. The summed E-state index contributed by atoms with van der Waals surface area (Å²) in [7, 11) is 0. The molecule has 0 bridgehead atoms. The van der Waals surface area contributed by atoms with Crippen LogP contribution in [-0.2, 0) is 0 Å². The smallest absolute Gasteiger partial charge is 0.272 e. The average Bonchev–Trinajstić information content (AvgIpc) is 2.77. The Morgan fingerprint density at radius 1 is 1.56 bits per heavy atom. The van der Waals surface area contributed by atoms with E-state index in [2.05, 4.69) is 4.98 Å². The number of aromatic nitrogens is 1. The van der Waals surface area contributed by atoms with Gasteiger partial charge in [0, 0.05) is 12.7 Å². The van der Waals surface area contributed by atoms with Crippen molar-refractivity contribution in [2.24, 2.45) is 0 Å². The van der Waals surface area contributed by atoms with Crippen molar-refractivity contribution in [1.29, 1.82) is 0 Å². The van der Waals surface area contributed by atoms with E-state index < -0.39 is 5.60 Å². The van der Waals surface area contributed by atoms with Crippen LogP contribution in [0, 0.1) is 0 Å². The first-order chi connectivity index (χ1) is 8.39. The number of carbonyl (C=O) groups is 1. The highest BCUT2D eigenvalue weighted by Crippen LogP contribution is 2.27. The molecule has 1 aliphatic rings. The van der Waals surface area contributed by atoms with Crippen LogP contribution in [0.4, 0.5) is 0 Å². The van der Waals surface area contributed by atoms with Crippen molar-refractivity contribution in [2.75, 3.05) is 6.54 Å². The lowest BCUT2D eigenvalue weighted by Crippen LogP contribution is -2.48. The molecule has 0 aromatic carbocycles. The van der Waals surface area contributed by atoms with Crippen molar-refractivity contribution in [3.05, 3.63) is 29.0 Å². The van der Waals surface area contributed by atoms with E-state index in [-0.39, 0.29) is 11.9 Å². The van der Waals surface area contributed by atoms with E-state index >= 15 is 0 Å². The number of halogens is 1. The van der Waals surface area contributed by atoms with Crippen LogP contribution in [0.15, 0.2) is 18.3 Å². The number of carbonyl (C=O) groups excluding carboxylic acids is 1. The maximum absolute atomic E-state index is 12.3. The Bertz CT molecular complexity index is 439. The molecule has 1 saturated heterocycles. The maximum Gasteiger partial charge on any atom is 0.272 e. The van der Waals surface area contributed by atoms with Gasteiger partial charge in [0.2, 0.25) is 0 Å². The Hall–Kier alpha value is -1.13. The van der Waals surface area contributed by atoms with Crippen molar-refractivity contribution < 1.29 is 9.90 Å². The third-order valence-corrected chi connectivity index (χ3v) is 3.50. The van der Waals surface area contributed by atoms with E-state index in [4.69, 9.17) is 11.6 Å². The highest BCUT2D eigenvalue weighted by molar-refractivity contribution is 6.30. The summed E-state index contributed by atoms with van der Waals surface area (Å²) >= 11 is 5.75. The zero-order chi connectivity index (χ0) is 13.3. The van der Waals surface area contributed by atoms with Crippen LogP contribution < -0.4 is 0 Å². The minimum atomic E-state index is -0.890. The van der Waals surface area contributed by atoms with Gasteiger partial charge in [0.05, 0.1) is 16.7 Å². The van der Waals surface area contributed by atoms with Gasteiger partial charge >= 0.3 is 0 Å². The van der Waals surface area contributed by atoms with Crippen molar-refractivity contribution in [1.82, 2.24) is 9.88 Å². The normalized spacial score (nSPS) is 20.2. The van der Waals surface area contributed by atoms with Crippen molar-refractivity contribution in [2.45, 2.75) is 38.3 Å². The number of amides is 1. The van der Waals surface area contributed by atoms with Crippen LogP contribution in [0.3, 0.4) is 0 Å². The van der Waals surface area contributed by atoms with Crippen LogP contribution in [0.1, 0.15) is 37.2 Å². The number of pyridine rings is 1. The Balaban J connectivity index is 2.20.